The predicted octanol–water partition coefficient (Wildman–Crippen LogP) is 2.77. The Kier molecular flexibility index (Phi) is 3.69. The first-order valence-corrected chi connectivity index (χ1v) is 5.68. The van der Waals surface area contributed by atoms with Crippen molar-refractivity contribution in [3.05, 3.63) is 57.5 Å². The van der Waals surface area contributed by atoms with Crippen LogP contribution in [0.4, 0.5) is 5.69 Å². The van der Waals surface area contributed by atoms with Crippen LogP contribution in [0.3, 0.4) is 0 Å². The number of nitro benzene ring substituents is 1. The molecule has 1 N–H and O–H groups in total. The summed E-state index contributed by atoms with van der Waals surface area (Å²) in [5.74, 6) is -0.843. The van der Waals surface area contributed by atoms with Crippen LogP contribution < -0.4 is 4.74 Å². The molecule has 1 heterocycles. The molecule has 0 saturated carbocycles. The van der Waals surface area contributed by atoms with E-state index in [1.54, 1.807) is 13.0 Å². The third-order valence-corrected chi connectivity index (χ3v) is 2.68. The molecule has 0 aliphatic heterocycles. The minimum absolute atomic E-state index is 0.00648. The molecule has 2 aromatic rings. The standard InChI is InChI=1S/C13H11NO6/c1-8-9(6-12(20-8)13(15)16)7-19-11-5-3-2-4-10(11)14(17)18/h2-6H,7H2,1H3,(H,15,16). The molecule has 0 atom stereocenters. The fraction of sp³-hybridized carbons (Fsp3) is 0.154. The van der Waals surface area contributed by atoms with E-state index in [2.05, 4.69) is 0 Å². The quantitative estimate of drug-likeness (QED) is 0.665. The SMILES string of the molecule is Cc1oc(C(=O)O)cc1COc1ccccc1[N+](=O)[O-]. The number of carbonyl (C=O) groups is 1. The van der Waals surface area contributed by atoms with Crippen LogP contribution in [-0.2, 0) is 6.61 Å². The molecule has 7 nitrogen and oxygen atoms in total. The number of para-hydroxylation sites is 2. The van der Waals surface area contributed by atoms with E-state index in [0.29, 0.717) is 11.3 Å². The second-order valence-electron chi connectivity index (χ2n) is 4.01. The van der Waals surface area contributed by atoms with E-state index in [1.807, 2.05) is 0 Å². The Bertz CT molecular complexity index is 661. The van der Waals surface area contributed by atoms with Gasteiger partial charge in [-0.25, -0.2) is 4.79 Å². The topological polar surface area (TPSA) is 103 Å². The fourth-order valence-electron chi connectivity index (χ4n) is 1.65. The summed E-state index contributed by atoms with van der Waals surface area (Å²) in [7, 11) is 0. The lowest BCUT2D eigenvalue weighted by atomic mass is 10.2. The summed E-state index contributed by atoms with van der Waals surface area (Å²) < 4.78 is 10.4. The van der Waals surface area contributed by atoms with Gasteiger partial charge < -0.3 is 14.3 Å². The lowest BCUT2D eigenvalue weighted by Crippen LogP contribution is -1.99. The summed E-state index contributed by atoms with van der Waals surface area (Å²) in [6, 6.07) is 7.31. The summed E-state index contributed by atoms with van der Waals surface area (Å²) in [5.41, 5.74) is 0.382. The molecule has 0 bridgehead atoms. The molecule has 1 aromatic carbocycles. The van der Waals surface area contributed by atoms with E-state index in [1.165, 1.54) is 24.3 Å². The predicted molar refractivity (Wildman–Crippen MR) is 67.8 cm³/mol. The number of furan rings is 1. The average Bonchev–Trinajstić information content (AvgIpc) is 2.78. The normalized spacial score (nSPS) is 10.2. The number of nitrogens with zero attached hydrogens (tertiary/aromatic N) is 1. The van der Waals surface area contributed by atoms with Gasteiger partial charge in [0, 0.05) is 11.6 Å². The first-order chi connectivity index (χ1) is 9.49. The molecule has 0 radical (unpaired) electrons. The zero-order valence-corrected chi connectivity index (χ0v) is 10.5. The number of ether oxygens (including phenoxy) is 1. The van der Waals surface area contributed by atoms with Gasteiger partial charge in [0.2, 0.25) is 5.76 Å². The third kappa shape index (κ3) is 2.77. The number of carboxylic acids is 1. The Balaban J connectivity index is 2.17. The van der Waals surface area contributed by atoms with Gasteiger partial charge in [0.05, 0.1) is 4.92 Å². The molecule has 0 aliphatic carbocycles. The Morgan fingerprint density at radius 3 is 2.75 bits per heavy atom. The molecule has 0 aliphatic rings. The first-order valence-electron chi connectivity index (χ1n) is 5.68. The highest BCUT2D eigenvalue weighted by atomic mass is 16.6. The van der Waals surface area contributed by atoms with Crippen LogP contribution in [0, 0.1) is 17.0 Å². The van der Waals surface area contributed by atoms with E-state index in [0.717, 1.165) is 0 Å². The van der Waals surface area contributed by atoms with Crippen molar-refractivity contribution in [1.82, 2.24) is 0 Å². The molecule has 20 heavy (non-hydrogen) atoms. The van der Waals surface area contributed by atoms with Crippen molar-refractivity contribution in [1.29, 1.82) is 0 Å². The highest BCUT2D eigenvalue weighted by Crippen LogP contribution is 2.27. The van der Waals surface area contributed by atoms with Crippen molar-refractivity contribution < 1.29 is 24.0 Å². The van der Waals surface area contributed by atoms with Gasteiger partial charge in [-0.2, -0.15) is 0 Å². The van der Waals surface area contributed by atoms with Crippen molar-refractivity contribution in [3.63, 3.8) is 0 Å². The summed E-state index contributed by atoms with van der Waals surface area (Å²) in [4.78, 5) is 21.0. The van der Waals surface area contributed by atoms with E-state index in [-0.39, 0.29) is 23.8 Å². The van der Waals surface area contributed by atoms with Gasteiger partial charge in [0.1, 0.15) is 12.4 Å². The lowest BCUT2D eigenvalue weighted by Gasteiger charge is -2.05. The number of nitro groups is 1. The molecule has 1 aromatic heterocycles. The monoisotopic (exact) mass is 277 g/mol. The summed E-state index contributed by atoms with van der Waals surface area (Å²) in [6.45, 7) is 1.60. The van der Waals surface area contributed by atoms with E-state index in [9.17, 15) is 14.9 Å². The molecule has 0 spiro atoms. The number of hydrogen-bond donors (Lipinski definition) is 1. The van der Waals surface area contributed by atoms with Crippen molar-refractivity contribution in [2.45, 2.75) is 13.5 Å². The highest BCUT2D eigenvalue weighted by Gasteiger charge is 2.16. The highest BCUT2D eigenvalue weighted by molar-refractivity contribution is 5.84. The summed E-state index contributed by atoms with van der Waals surface area (Å²) in [5, 5.41) is 19.6. The maximum Gasteiger partial charge on any atom is 0.371 e. The second kappa shape index (κ2) is 5.43. The van der Waals surface area contributed by atoms with Gasteiger partial charge in [-0.1, -0.05) is 12.1 Å². The van der Waals surface area contributed by atoms with Gasteiger partial charge in [0.15, 0.2) is 5.75 Å². The number of benzene rings is 1. The maximum absolute atomic E-state index is 10.8. The van der Waals surface area contributed by atoms with Crippen LogP contribution in [0.1, 0.15) is 21.9 Å². The minimum atomic E-state index is -1.18. The van der Waals surface area contributed by atoms with Crippen LogP contribution >= 0.6 is 0 Å². The van der Waals surface area contributed by atoms with Gasteiger partial charge >= 0.3 is 11.7 Å². The summed E-state index contributed by atoms with van der Waals surface area (Å²) in [6.07, 6.45) is 0. The van der Waals surface area contributed by atoms with Crippen molar-refractivity contribution in [3.8, 4) is 5.75 Å². The first kappa shape index (κ1) is 13.6. The number of carboxylic acid groups (broad SMARTS) is 1. The third-order valence-electron chi connectivity index (χ3n) is 2.68. The van der Waals surface area contributed by atoms with Crippen molar-refractivity contribution >= 4 is 11.7 Å². The van der Waals surface area contributed by atoms with Crippen molar-refractivity contribution in [2.24, 2.45) is 0 Å². The van der Waals surface area contributed by atoms with E-state index < -0.39 is 10.9 Å². The van der Waals surface area contributed by atoms with Crippen LogP contribution in [0.25, 0.3) is 0 Å². The Hall–Kier alpha value is -2.83. The molecule has 7 heteroatoms. The van der Waals surface area contributed by atoms with Gasteiger partial charge in [-0.3, -0.25) is 10.1 Å². The molecule has 0 unspecified atom stereocenters. The Morgan fingerprint density at radius 2 is 2.15 bits per heavy atom. The molecule has 2 rings (SSSR count). The molecular weight excluding hydrogens is 266 g/mol. The number of aromatic carboxylic acids is 1. The van der Waals surface area contributed by atoms with Crippen LogP contribution in [0.15, 0.2) is 34.7 Å². The van der Waals surface area contributed by atoms with Crippen molar-refractivity contribution in [2.75, 3.05) is 0 Å². The molecule has 104 valence electrons. The zero-order chi connectivity index (χ0) is 14.7. The van der Waals surface area contributed by atoms with E-state index in [4.69, 9.17) is 14.3 Å². The Morgan fingerprint density at radius 1 is 1.45 bits per heavy atom. The summed E-state index contributed by atoms with van der Waals surface area (Å²) >= 11 is 0. The largest absolute Gasteiger partial charge is 0.482 e. The zero-order valence-electron chi connectivity index (χ0n) is 10.5. The number of hydrogen-bond acceptors (Lipinski definition) is 5. The van der Waals surface area contributed by atoms with Crippen LogP contribution in [0.2, 0.25) is 0 Å². The number of rotatable bonds is 5. The fourth-order valence-corrected chi connectivity index (χ4v) is 1.65. The molecular formula is C13H11NO6. The Labute approximate surface area is 113 Å². The van der Waals surface area contributed by atoms with Gasteiger partial charge in [-0.15, -0.1) is 0 Å². The van der Waals surface area contributed by atoms with Crippen LogP contribution in [-0.4, -0.2) is 16.0 Å². The molecule has 0 fully saturated rings. The smallest absolute Gasteiger partial charge is 0.371 e. The number of aryl methyl sites for hydroxylation is 1. The lowest BCUT2D eigenvalue weighted by molar-refractivity contribution is -0.385. The van der Waals surface area contributed by atoms with E-state index >= 15 is 0 Å². The molecule has 0 amide bonds. The van der Waals surface area contributed by atoms with Gasteiger partial charge in [-0.05, 0) is 19.1 Å². The average molecular weight is 277 g/mol. The van der Waals surface area contributed by atoms with Gasteiger partial charge in [0.25, 0.3) is 0 Å². The molecule has 0 saturated heterocycles. The van der Waals surface area contributed by atoms with Crippen LogP contribution in [0.5, 0.6) is 5.75 Å². The maximum atomic E-state index is 10.8. The second-order valence-corrected chi connectivity index (χ2v) is 4.01. The minimum Gasteiger partial charge on any atom is -0.482 e.